The van der Waals surface area contributed by atoms with Crippen LogP contribution in [0.25, 0.3) is 0 Å². The molecule has 110 valence electrons. The molecule has 1 atom stereocenters. The van der Waals surface area contributed by atoms with Crippen LogP contribution in [0, 0.1) is 0 Å². The van der Waals surface area contributed by atoms with Crippen molar-refractivity contribution < 1.29 is 8.42 Å². The third kappa shape index (κ3) is 5.30. The molecule has 0 spiro atoms. The van der Waals surface area contributed by atoms with Gasteiger partial charge in [-0.2, -0.15) is 5.10 Å². The number of hydrogen-bond acceptors (Lipinski definition) is 4. The van der Waals surface area contributed by atoms with Crippen LogP contribution in [-0.2, 0) is 16.6 Å². The van der Waals surface area contributed by atoms with Gasteiger partial charge in [-0.25, -0.2) is 13.1 Å². The molecule has 1 rings (SSSR count). The maximum atomic E-state index is 12.0. The van der Waals surface area contributed by atoms with Gasteiger partial charge in [0, 0.05) is 24.8 Å². The van der Waals surface area contributed by atoms with Crippen LogP contribution in [0.15, 0.2) is 17.3 Å². The van der Waals surface area contributed by atoms with Gasteiger partial charge >= 0.3 is 0 Å². The van der Waals surface area contributed by atoms with E-state index in [0.717, 1.165) is 13.0 Å². The van der Waals surface area contributed by atoms with E-state index in [1.165, 1.54) is 6.20 Å². The maximum Gasteiger partial charge on any atom is 0.243 e. The molecule has 1 aromatic heterocycles. The lowest BCUT2D eigenvalue weighted by molar-refractivity contribution is 0.514. The summed E-state index contributed by atoms with van der Waals surface area (Å²) in [6, 6.07) is 0.335. The summed E-state index contributed by atoms with van der Waals surface area (Å²) in [6.07, 6.45) is 3.71. The Morgan fingerprint density at radius 2 is 2.05 bits per heavy atom. The van der Waals surface area contributed by atoms with Crippen molar-refractivity contribution in [2.24, 2.45) is 0 Å². The van der Waals surface area contributed by atoms with Gasteiger partial charge in [0.15, 0.2) is 0 Å². The highest BCUT2D eigenvalue weighted by Gasteiger charge is 2.18. The van der Waals surface area contributed by atoms with E-state index in [0.29, 0.717) is 12.6 Å². The highest BCUT2D eigenvalue weighted by molar-refractivity contribution is 7.89. The fraction of sp³-hybridized carbons (Fsp3) is 0.750. The molecule has 1 heterocycles. The summed E-state index contributed by atoms with van der Waals surface area (Å²) in [4.78, 5) is 0.220. The summed E-state index contributed by atoms with van der Waals surface area (Å²) in [7, 11) is -3.45. The highest BCUT2D eigenvalue weighted by atomic mass is 32.2. The van der Waals surface area contributed by atoms with E-state index >= 15 is 0 Å². The monoisotopic (exact) mass is 288 g/mol. The highest BCUT2D eigenvalue weighted by Crippen LogP contribution is 2.08. The largest absolute Gasteiger partial charge is 0.313 e. The molecule has 1 aromatic rings. The molecular formula is C12H24N4O2S. The van der Waals surface area contributed by atoms with Crippen LogP contribution in [0.4, 0.5) is 0 Å². The van der Waals surface area contributed by atoms with Crippen LogP contribution in [0.1, 0.15) is 34.1 Å². The fourth-order valence-corrected chi connectivity index (χ4v) is 2.77. The smallest absolute Gasteiger partial charge is 0.243 e. The molecule has 0 aliphatic carbocycles. The molecule has 7 heteroatoms. The minimum absolute atomic E-state index is 0.0732. The zero-order valence-corrected chi connectivity index (χ0v) is 12.9. The van der Waals surface area contributed by atoms with Crippen LogP contribution in [-0.4, -0.2) is 36.8 Å². The zero-order valence-electron chi connectivity index (χ0n) is 12.0. The summed E-state index contributed by atoms with van der Waals surface area (Å²) >= 11 is 0. The summed E-state index contributed by atoms with van der Waals surface area (Å²) < 4.78 is 28.3. The first kappa shape index (κ1) is 16.1. The first-order chi connectivity index (χ1) is 8.85. The number of nitrogens with zero attached hydrogens (tertiary/aromatic N) is 2. The Labute approximate surface area is 115 Å². The van der Waals surface area contributed by atoms with Gasteiger partial charge in [0.25, 0.3) is 0 Å². The third-order valence-corrected chi connectivity index (χ3v) is 4.33. The Kier molecular flexibility index (Phi) is 5.96. The van der Waals surface area contributed by atoms with Crippen LogP contribution >= 0.6 is 0 Å². The van der Waals surface area contributed by atoms with Crippen molar-refractivity contribution in [3.63, 3.8) is 0 Å². The first-order valence-corrected chi connectivity index (χ1v) is 8.11. The van der Waals surface area contributed by atoms with Gasteiger partial charge in [-0.1, -0.05) is 20.8 Å². The number of hydrogen-bond donors (Lipinski definition) is 2. The van der Waals surface area contributed by atoms with Crippen molar-refractivity contribution in [3.8, 4) is 0 Å². The van der Waals surface area contributed by atoms with E-state index in [4.69, 9.17) is 0 Å². The van der Waals surface area contributed by atoms with E-state index in [2.05, 4.69) is 29.0 Å². The van der Waals surface area contributed by atoms with Crippen LogP contribution in [0.3, 0.4) is 0 Å². The Bertz CT molecular complexity index is 482. The lowest BCUT2D eigenvalue weighted by Gasteiger charge is -2.10. The first-order valence-electron chi connectivity index (χ1n) is 6.63. The lowest BCUT2D eigenvalue weighted by Crippen LogP contribution is -2.31. The van der Waals surface area contributed by atoms with Crippen molar-refractivity contribution >= 4 is 10.0 Å². The second-order valence-corrected chi connectivity index (χ2v) is 6.69. The average Bonchev–Trinajstić information content (AvgIpc) is 2.77. The average molecular weight is 288 g/mol. The van der Waals surface area contributed by atoms with Crippen molar-refractivity contribution in [1.82, 2.24) is 19.8 Å². The summed E-state index contributed by atoms with van der Waals surface area (Å²) in [5.74, 6) is 0. The Balaban J connectivity index is 2.63. The van der Waals surface area contributed by atoms with E-state index in [9.17, 15) is 8.42 Å². The summed E-state index contributed by atoms with van der Waals surface area (Å²) in [6.45, 7) is 9.32. The van der Waals surface area contributed by atoms with E-state index in [-0.39, 0.29) is 10.9 Å². The normalized spacial score (nSPS) is 13.9. The third-order valence-electron chi connectivity index (χ3n) is 2.78. The van der Waals surface area contributed by atoms with Crippen LogP contribution < -0.4 is 10.0 Å². The topological polar surface area (TPSA) is 76.0 Å². The molecule has 0 bridgehead atoms. The molecule has 2 N–H and O–H groups in total. The lowest BCUT2D eigenvalue weighted by atomic mass is 10.3. The van der Waals surface area contributed by atoms with E-state index in [1.807, 2.05) is 13.8 Å². The molecule has 0 aliphatic rings. The SMILES string of the molecule is CCC(C)NS(=O)(=O)c1cnn(CCNC(C)C)c1. The van der Waals surface area contributed by atoms with Gasteiger partial charge in [-0.15, -0.1) is 0 Å². The molecular weight excluding hydrogens is 264 g/mol. The molecule has 1 unspecified atom stereocenters. The molecule has 0 radical (unpaired) electrons. The standard InChI is InChI=1S/C12H24N4O2S/c1-5-11(4)15-19(17,18)12-8-14-16(9-12)7-6-13-10(2)3/h8-11,13,15H,5-7H2,1-4H3. The molecule has 19 heavy (non-hydrogen) atoms. The minimum Gasteiger partial charge on any atom is -0.313 e. The van der Waals surface area contributed by atoms with E-state index < -0.39 is 10.0 Å². The van der Waals surface area contributed by atoms with Crippen molar-refractivity contribution in [2.75, 3.05) is 6.54 Å². The minimum atomic E-state index is -3.45. The summed E-state index contributed by atoms with van der Waals surface area (Å²) in [5.41, 5.74) is 0. The molecule has 0 saturated carbocycles. The number of rotatable bonds is 8. The van der Waals surface area contributed by atoms with Gasteiger partial charge in [-0.05, 0) is 13.3 Å². The Hall–Kier alpha value is -0.920. The quantitative estimate of drug-likeness (QED) is 0.747. The van der Waals surface area contributed by atoms with Crippen LogP contribution in [0.2, 0.25) is 0 Å². The van der Waals surface area contributed by atoms with E-state index in [1.54, 1.807) is 10.9 Å². The number of aromatic nitrogens is 2. The predicted octanol–water partition coefficient (Wildman–Crippen LogP) is 0.958. The Morgan fingerprint density at radius 3 is 2.63 bits per heavy atom. The van der Waals surface area contributed by atoms with Gasteiger partial charge in [0.1, 0.15) is 4.90 Å². The van der Waals surface area contributed by atoms with Crippen molar-refractivity contribution in [1.29, 1.82) is 0 Å². The zero-order chi connectivity index (χ0) is 14.5. The molecule has 6 nitrogen and oxygen atoms in total. The Morgan fingerprint density at radius 1 is 1.37 bits per heavy atom. The molecule has 0 aromatic carbocycles. The van der Waals surface area contributed by atoms with Gasteiger partial charge in [0.05, 0.1) is 12.7 Å². The second-order valence-electron chi connectivity index (χ2n) is 4.98. The van der Waals surface area contributed by atoms with Gasteiger partial charge in [0.2, 0.25) is 10.0 Å². The number of sulfonamides is 1. The molecule has 0 fully saturated rings. The maximum absolute atomic E-state index is 12.0. The second kappa shape index (κ2) is 7.02. The van der Waals surface area contributed by atoms with Crippen molar-refractivity contribution in [3.05, 3.63) is 12.4 Å². The van der Waals surface area contributed by atoms with Gasteiger partial charge in [-0.3, -0.25) is 4.68 Å². The molecule has 0 amide bonds. The molecule has 0 saturated heterocycles. The summed E-state index contributed by atoms with van der Waals surface area (Å²) in [5, 5.41) is 7.33. The predicted molar refractivity (Wildman–Crippen MR) is 75.4 cm³/mol. The fourth-order valence-electron chi connectivity index (χ4n) is 1.49. The van der Waals surface area contributed by atoms with Crippen LogP contribution in [0.5, 0.6) is 0 Å². The van der Waals surface area contributed by atoms with Gasteiger partial charge < -0.3 is 5.32 Å². The number of nitrogens with one attached hydrogen (secondary N) is 2. The van der Waals surface area contributed by atoms with Crippen molar-refractivity contribution in [2.45, 2.75) is 57.6 Å². The molecule has 0 aliphatic heterocycles.